The van der Waals surface area contributed by atoms with E-state index in [-0.39, 0.29) is 0 Å². The van der Waals surface area contributed by atoms with E-state index in [0.29, 0.717) is 6.04 Å². The normalized spacial score (nSPS) is 13.6. The predicted octanol–water partition coefficient (Wildman–Crippen LogP) is 3.58. The van der Waals surface area contributed by atoms with Crippen molar-refractivity contribution in [2.45, 2.75) is 39.8 Å². The Morgan fingerprint density at radius 1 is 1.19 bits per heavy atom. The zero-order valence-electron chi connectivity index (χ0n) is 10.4. The molecule has 0 aliphatic carbocycles. The number of aliphatic hydroxyl groups excluding tert-OH is 1. The molecule has 1 heterocycles. The fourth-order valence-electron chi connectivity index (χ4n) is 2.45. The second-order valence-electron chi connectivity index (χ2n) is 4.71. The van der Waals surface area contributed by atoms with Crippen molar-refractivity contribution >= 4 is 10.9 Å². The summed E-state index contributed by atoms with van der Waals surface area (Å²) in [5.74, 6) is 0. The lowest BCUT2D eigenvalue weighted by molar-refractivity contribution is 0.200. The lowest BCUT2D eigenvalue weighted by atomic mass is 10.1. The van der Waals surface area contributed by atoms with Crippen LogP contribution >= 0.6 is 0 Å². The average Bonchev–Trinajstić information content (AvgIpc) is 2.52. The quantitative estimate of drug-likeness (QED) is 0.817. The highest BCUT2D eigenvalue weighted by atomic mass is 16.3. The highest BCUT2D eigenvalue weighted by Gasteiger charge is 2.14. The molecule has 0 saturated carbocycles. The SMILES string of the molecule is Cc1cc2cccc(C(C)O)c2n1C(C)C. The van der Waals surface area contributed by atoms with E-state index in [0.717, 1.165) is 5.56 Å². The second kappa shape index (κ2) is 3.95. The van der Waals surface area contributed by atoms with Gasteiger partial charge in [-0.05, 0) is 33.8 Å². The summed E-state index contributed by atoms with van der Waals surface area (Å²) in [6, 6.07) is 8.71. The predicted molar refractivity (Wildman–Crippen MR) is 67.7 cm³/mol. The molecular weight excluding hydrogens is 198 g/mol. The third-order valence-corrected chi connectivity index (χ3v) is 3.05. The molecule has 0 amide bonds. The van der Waals surface area contributed by atoms with Crippen LogP contribution in [0, 0.1) is 6.92 Å². The van der Waals surface area contributed by atoms with Crippen LogP contribution in [-0.2, 0) is 0 Å². The van der Waals surface area contributed by atoms with Gasteiger partial charge in [-0.1, -0.05) is 18.2 Å². The number of aliphatic hydroxyl groups is 1. The molecule has 1 aromatic heterocycles. The van der Waals surface area contributed by atoms with Crippen LogP contribution in [0.1, 0.15) is 44.2 Å². The van der Waals surface area contributed by atoms with Crippen molar-refractivity contribution in [1.82, 2.24) is 4.57 Å². The standard InChI is InChI=1S/C14H19NO/c1-9(2)15-10(3)8-12-6-5-7-13(11(4)16)14(12)15/h5-9,11,16H,1-4H3. The maximum atomic E-state index is 9.82. The van der Waals surface area contributed by atoms with Gasteiger partial charge in [0.15, 0.2) is 0 Å². The molecule has 0 fully saturated rings. The van der Waals surface area contributed by atoms with Gasteiger partial charge < -0.3 is 9.67 Å². The van der Waals surface area contributed by atoms with E-state index in [2.05, 4.69) is 37.5 Å². The number of hydrogen-bond donors (Lipinski definition) is 1. The Labute approximate surface area is 96.5 Å². The van der Waals surface area contributed by atoms with Gasteiger partial charge in [0.1, 0.15) is 0 Å². The molecule has 0 aliphatic heterocycles. The largest absolute Gasteiger partial charge is 0.389 e. The number of benzene rings is 1. The molecule has 1 unspecified atom stereocenters. The lowest BCUT2D eigenvalue weighted by Gasteiger charge is -2.16. The molecule has 2 heteroatoms. The Morgan fingerprint density at radius 3 is 2.44 bits per heavy atom. The molecule has 2 rings (SSSR count). The number of para-hydroxylation sites is 1. The van der Waals surface area contributed by atoms with Gasteiger partial charge in [0.05, 0.1) is 11.6 Å². The van der Waals surface area contributed by atoms with Crippen molar-refractivity contribution in [2.75, 3.05) is 0 Å². The van der Waals surface area contributed by atoms with E-state index in [1.54, 1.807) is 0 Å². The fraction of sp³-hybridized carbons (Fsp3) is 0.429. The van der Waals surface area contributed by atoms with Crippen LogP contribution in [0.3, 0.4) is 0 Å². The van der Waals surface area contributed by atoms with Gasteiger partial charge in [0, 0.05) is 22.7 Å². The fourth-order valence-corrected chi connectivity index (χ4v) is 2.45. The van der Waals surface area contributed by atoms with E-state index in [1.165, 1.54) is 16.6 Å². The zero-order chi connectivity index (χ0) is 11.9. The van der Waals surface area contributed by atoms with Crippen molar-refractivity contribution < 1.29 is 5.11 Å². The first kappa shape index (κ1) is 11.2. The molecule has 1 atom stereocenters. The number of rotatable bonds is 2. The molecule has 1 N–H and O–H groups in total. The van der Waals surface area contributed by atoms with Gasteiger partial charge in [-0.2, -0.15) is 0 Å². The van der Waals surface area contributed by atoms with Crippen LogP contribution in [0.15, 0.2) is 24.3 Å². The van der Waals surface area contributed by atoms with Gasteiger partial charge >= 0.3 is 0 Å². The zero-order valence-corrected chi connectivity index (χ0v) is 10.4. The molecule has 0 spiro atoms. The van der Waals surface area contributed by atoms with Crippen molar-refractivity contribution in [2.24, 2.45) is 0 Å². The Kier molecular flexibility index (Phi) is 2.76. The summed E-state index contributed by atoms with van der Waals surface area (Å²) in [5.41, 5.74) is 3.43. The van der Waals surface area contributed by atoms with E-state index >= 15 is 0 Å². The first-order chi connectivity index (χ1) is 7.52. The van der Waals surface area contributed by atoms with E-state index < -0.39 is 6.10 Å². The van der Waals surface area contributed by atoms with Crippen LogP contribution in [-0.4, -0.2) is 9.67 Å². The molecule has 0 radical (unpaired) electrons. The summed E-state index contributed by atoms with van der Waals surface area (Å²) in [6.07, 6.45) is -0.421. The molecule has 0 saturated heterocycles. The van der Waals surface area contributed by atoms with Gasteiger partial charge in [-0.15, -0.1) is 0 Å². The minimum Gasteiger partial charge on any atom is -0.389 e. The minimum atomic E-state index is -0.421. The van der Waals surface area contributed by atoms with Crippen molar-refractivity contribution in [3.8, 4) is 0 Å². The molecule has 16 heavy (non-hydrogen) atoms. The van der Waals surface area contributed by atoms with Crippen LogP contribution in [0.4, 0.5) is 0 Å². The number of hydrogen-bond acceptors (Lipinski definition) is 1. The summed E-state index contributed by atoms with van der Waals surface area (Å²) >= 11 is 0. The Bertz CT molecular complexity index is 509. The number of nitrogens with zero attached hydrogens (tertiary/aromatic N) is 1. The minimum absolute atomic E-state index is 0.414. The van der Waals surface area contributed by atoms with E-state index in [1.807, 2.05) is 19.1 Å². The average molecular weight is 217 g/mol. The first-order valence-electron chi connectivity index (χ1n) is 5.81. The second-order valence-corrected chi connectivity index (χ2v) is 4.71. The van der Waals surface area contributed by atoms with Crippen molar-refractivity contribution in [3.05, 3.63) is 35.5 Å². The maximum Gasteiger partial charge on any atom is 0.0782 e. The third-order valence-electron chi connectivity index (χ3n) is 3.05. The Morgan fingerprint density at radius 2 is 1.88 bits per heavy atom. The summed E-state index contributed by atoms with van der Waals surface area (Å²) in [7, 11) is 0. The van der Waals surface area contributed by atoms with Crippen LogP contribution in [0.25, 0.3) is 10.9 Å². The summed E-state index contributed by atoms with van der Waals surface area (Å²) < 4.78 is 2.29. The molecule has 86 valence electrons. The highest BCUT2D eigenvalue weighted by molar-refractivity contribution is 5.85. The first-order valence-corrected chi connectivity index (χ1v) is 5.81. The molecule has 2 nitrogen and oxygen atoms in total. The van der Waals surface area contributed by atoms with Gasteiger partial charge in [0.25, 0.3) is 0 Å². The monoisotopic (exact) mass is 217 g/mol. The molecule has 0 bridgehead atoms. The number of aromatic nitrogens is 1. The number of aryl methyl sites for hydroxylation is 1. The van der Waals surface area contributed by atoms with E-state index in [9.17, 15) is 5.11 Å². The smallest absolute Gasteiger partial charge is 0.0782 e. The summed E-state index contributed by atoms with van der Waals surface area (Å²) in [5, 5.41) is 11.0. The third kappa shape index (κ3) is 1.63. The Balaban J connectivity index is 2.83. The van der Waals surface area contributed by atoms with Gasteiger partial charge in [-0.3, -0.25) is 0 Å². The van der Waals surface area contributed by atoms with Crippen molar-refractivity contribution in [1.29, 1.82) is 0 Å². The molecule has 1 aromatic carbocycles. The number of fused-ring (bicyclic) bond motifs is 1. The van der Waals surface area contributed by atoms with Gasteiger partial charge in [0.2, 0.25) is 0 Å². The van der Waals surface area contributed by atoms with Crippen LogP contribution in [0.2, 0.25) is 0 Å². The Hall–Kier alpha value is -1.28. The maximum absolute atomic E-state index is 9.82. The molecule has 2 aromatic rings. The van der Waals surface area contributed by atoms with E-state index in [4.69, 9.17) is 0 Å². The highest BCUT2D eigenvalue weighted by Crippen LogP contribution is 2.29. The van der Waals surface area contributed by atoms with Crippen LogP contribution < -0.4 is 0 Å². The lowest BCUT2D eigenvalue weighted by Crippen LogP contribution is -2.05. The van der Waals surface area contributed by atoms with Gasteiger partial charge in [-0.25, -0.2) is 0 Å². The summed E-state index contributed by atoms with van der Waals surface area (Å²) in [6.45, 7) is 8.28. The molecule has 0 aliphatic rings. The van der Waals surface area contributed by atoms with Crippen molar-refractivity contribution in [3.63, 3.8) is 0 Å². The topological polar surface area (TPSA) is 25.2 Å². The molecular formula is C14H19NO. The van der Waals surface area contributed by atoms with Crippen LogP contribution in [0.5, 0.6) is 0 Å². The summed E-state index contributed by atoms with van der Waals surface area (Å²) in [4.78, 5) is 0.